The minimum absolute atomic E-state index is 0.223. The molecule has 6 nitrogen and oxygen atoms in total. The van der Waals surface area contributed by atoms with Crippen molar-refractivity contribution in [1.29, 1.82) is 0 Å². The fraction of sp³-hybridized carbons (Fsp3) is 0.444. The zero-order valence-corrected chi connectivity index (χ0v) is 14.3. The summed E-state index contributed by atoms with van der Waals surface area (Å²) in [6.45, 7) is 3.88. The SMILES string of the molecule is CCOC(=O)N1[C@@H]2CC[C@@H](C2=Cc2ccc(F)cc2)N1C(=O)OCC. The summed E-state index contributed by atoms with van der Waals surface area (Å²) in [6, 6.07) is 5.61. The molecule has 25 heavy (non-hydrogen) atoms. The Labute approximate surface area is 145 Å². The molecule has 1 heterocycles. The number of rotatable bonds is 3. The Morgan fingerprint density at radius 2 is 1.52 bits per heavy atom. The van der Waals surface area contributed by atoms with Crippen molar-refractivity contribution in [3.05, 3.63) is 41.2 Å². The average molecular weight is 348 g/mol. The van der Waals surface area contributed by atoms with Crippen LogP contribution in [0.3, 0.4) is 0 Å². The molecular formula is C18H21FN2O4. The molecule has 1 saturated carbocycles. The molecule has 2 bridgehead atoms. The minimum atomic E-state index is -0.562. The van der Waals surface area contributed by atoms with Crippen molar-refractivity contribution in [2.45, 2.75) is 38.8 Å². The summed E-state index contributed by atoms with van der Waals surface area (Å²) in [5, 5.41) is 2.70. The van der Waals surface area contributed by atoms with E-state index >= 15 is 0 Å². The number of hydrazine groups is 1. The van der Waals surface area contributed by atoms with Crippen LogP contribution in [-0.4, -0.2) is 47.5 Å². The van der Waals surface area contributed by atoms with E-state index in [9.17, 15) is 14.0 Å². The van der Waals surface area contributed by atoms with Crippen LogP contribution in [0.4, 0.5) is 14.0 Å². The van der Waals surface area contributed by atoms with Crippen LogP contribution in [-0.2, 0) is 9.47 Å². The van der Waals surface area contributed by atoms with E-state index < -0.39 is 12.2 Å². The number of hydrogen-bond donors (Lipinski definition) is 0. The van der Waals surface area contributed by atoms with E-state index in [-0.39, 0.29) is 31.1 Å². The normalized spacial score (nSPS) is 23.2. The molecule has 7 heteroatoms. The molecule has 2 aliphatic rings. The zero-order valence-electron chi connectivity index (χ0n) is 14.3. The summed E-state index contributed by atoms with van der Waals surface area (Å²) in [4.78, 5) is 24.7. The molecule has 0 radical (unpaired) electrons. The molecule has 2 fully saturated rings. The fourth-order valence-electron chi connectivity index (χ4n) is 3.45. The number of hydrogen-bond acceptors (Lipinski definition) is 4. The van der Waals surface area contributed by atoms with E-state index in [1.165, 1.54) is 22.2 Å². The van der Waals surface area contributed by atoms with E-state index in [0.717, 1.165) is 24.0 Å². The number of carbonyl (C=O) groups excluding carboxylic acids is 2. The molecule has 0 N–H and O–H groups in total. The van der Waals surface area contributed by atoms with Crippen molar-refractivity contribution in [2.75, 3.05) is 13.2 Å². The van der Waals surface area contributed by atoms with Gasteiger partial charge in [-0.3, -0.25) is 0 Å². The summed E-state index contributed by atoms with van der Waals surface area (Å²) >= 11 is 0. The maximum absolute atomic E-state index is 13.1. The molecule has 1 aromatic carbocycles. The highest BCUT2D eigenvalue weighted by atomic mass is 19.1. The van der Waals surface area contributed by atoms with E-state index in [2.05, 4.69) is 0 Å². The number of halogens is 1. The van der Waals surface area contributed by atoms with Crippen LogP contribution in [0.25, 0.3) is 6.08 Å². The van der Waals surface area contributed by atoms with Crippen LogP contribution in [0.2, 0.25) is 0 Å². The quantitative estimate of drug-likeness (QED) is 0.838. The van der Waals surface area contributed by atoms with Gasteiger partial charge in [-0.15, -0.1) is 0 Å². The summed E-state index contributed by atoms with van der Waals surface area (Å²) in [5.74, 6) is -0.308. The third kappa shape index (κ3) is 3.18. The molecule has 1 aliphatic carbocycles. The van der Waals surface area contributed by atoms with Gasteiger partial charge in [-0.2, -0.15) is 0 Å². The minimum Gasteiger partial charge on any atom is -0.448 e. The monoisotopic (exact) mass is 348 g/mol. The number of ether oxygens (including phenoxy) is 2. The second kappa shape index (κ2) is 7.13. The van der Waals surface area contributed by atoms with Gasteiger partial charge in [0.15, 0.2) is 0 Å². The molecule has 134 valence electrons. The molecule has 0 aromatic heterocycles. The van der Waals surface area contributed by atoms with Crippen LogP contribution in [0, 0.1) is 5.82 Å². The van der Waals surface area contributed by atoms with Crippen molar-refractivity contribution in [2.24, 2.45) is 0 Å². The molecule has 1 aromatic rings. The third-order valence-electron chi connectivity index (χ3n) is 4.42. The number of benzene rings is 1. The van der Waals surface area contributed by atoms with E-state index in [0.29, 0.717) is 0 Å². The fourth-order valence-corrected chi connectivity index (χ4v) is 3.45. The van der Waals surface area contributed by atoms with Crippen LogP contribution in [0.15, 0.2) is 29.8 Å². The largest absolute Gasteiger partial charge is 0.448 e. The molecule has 1 aliphatic heterocycles. The first-order valence-electron chi connectivity index (χ1n) is 8.45. The summed E-state index contributed by atoms with van der Waals surface area (Å²) in [5.41, 5.74) is 1.76. The Hall–Kier alpha value is -2.57. The summed E-state index contributed by atoms with van der Waals surface area (Å²) in [7, 11) is 0. The highest BCUT2D eigenvalue weighted by Crippen LogP contribution is 2.43. The number of amides is 2. The first-order valence-corrected chi connectivity index (χ1v) is 8.45. The topological polar surface area (TPSA) is 59.1 Å². The van der Waals surface area contributed by atoms with Gasteiger partial charge in [0.05, 0.1) is 25.3 Å². The second-order valence-corrected chi connectivity index (χ2v) is 5.89. The Kier molecular flexibility index (Phi) is 4.92. The smallest absolute Gasteiger partial charge is 0.429 e. The van der Waals surface area contributed by atoms with Gasteiger partial charge in [0.2, 0.25) is 0 Å². The highest BCUT2D eigenvalue weighted by Gasteiger charge is 2.54. The molecule has 0 spiro atoms. The summed E-state index contributed by atoms with van der Waals surface area (Å²) in [6.07, 6.45) is 2.27. The lowest BCUT2D eigenvalue weighted by molar-refractivity contribution is -0.0378. The lowest BCUT2D eigenvalue weighted by Gasteiger charge is -2.35. The van der Waals surface area contributed by atoms with E-state index in [1.54, 1.807) is 26.0 Å². The van der Waals surface area contributed by atoms with Crippen LogP contribution in [0.1, 0.15) is 32.3 Å². The van der Waals surface area contributed by atoms with E-state index in [4.69, 9.17) is 9.47 Å². The van der Waals surface area contributed by atoms with Gasteiger partial charge in [-0.25, -0.2) is 24.0 Å². The third-order valence-corrected chi connectivity index (χ3v) is 4.42. The van der Waals surface area contributed by atoms with Gasteiger partial charge in [-0.05, 0) is 50.0 Å². The molecule has 2 amide bonds. The van der Waals surface area contributed by atoms with Crippen molar-refractivity contribution in [3.8, 4) is 0 Å². The summed E-state index contributed by atoms with van der Waals surface area (Å²) < 4.78 is 23.3. The lowest BCUT2D eigenvalue weighted by Crippen LogP contribution is -2.53. The van der Waals surface area contributed by atoms with Crippen LogP contribution in [0.5, 0.6) is 0 Å². The van der Waals surface area contributed by atoms with Crippen LogP contribution >= 0.6 is 0 Å². The lowest BCUT2D eigenvalue weighted by atomic mass is 10.1. The second-order valence-electron chi connectivity index (χ2n) is 5.89. The van der Waals surface area contributed by atoms with Crippen molar-refractivity contribution in [3.63, 3.8) is 0 Å². The maximum atomic E-state index is 13.1. The predicted octanol–water partition coefficient (Wildman–Crippen LogP) is 3.59. The van der Waals surface area contributed by atoms with Gasteiger partial charge in [0.25, 0.3) is 0 Å². The van der Waals surface area contributed by atoms with Crippen molar-refractivity contribution < 1.29 is 23.5 Å². The predicted molar refractivity (Wildman–Crippen MR) is 88.9 cm³/mol. The van der Waals surface area contributed by atoms with Gasteiger partial charge in [-0.1, -0.05) is 18.2 Å². The van der Waals surface area contributed by atoms with Crippen molar-refractivity contribution >= 4 is 18.3 Å². The Bertz CT molecular complexity index is 655. The Morgan fingerprint density at radius 3 is 1.96 bits per heavy atom. The molecular weight excluding hydrogens is 327 g/mol. The first-order chi connectivity index (χ1) is 12.1. The van der Waals surface area contributed by atoms with Gasteiger partial charge < -0.3 is 9.47 Å². The number of carbonyl (C=O) groups is 2. The van der Waals surface area contributed by atoms with Crippen molar-refractivity contribution in [1.82, 2.24) is 10.0 Å². The Morgan fingerprint density at radius 1 is 1.04 bits per heavy atom. The maximum Gasteiger partial charge on any atom is 0.429 e. The van der Waals surface area contributed by atoms with Gasteiger partial charge in [0, 0.05) is 0 Å². The van der Waals surface area contributed by atoms with Crippen LogP contribution < -0.4 is 0 Å². The Balaban J connectivity index is 1.94. The molecule has 3 rings (SSSR count). The molecule has 2 atom stereocenters. The number of fused-ring (bicyclic) bond motifs is 2. The van der Waals surface area contributed by atoms with Gasteiger partial charge in [0.1, 0.15) is 5.82 Å². The highest BCUT2D eigenvalue weighted by molar-refractivity contribution is 5.79. The standard InChI is InChI=1S/C18H21FN2O4/c1-3-24-17(22)20-15-9-10-16(21(20)18(23)25-4-2)14(15)11-12-5-7-13(19)8-6-12/h5-8,11,15-16H,3-4,9-10H2,1-2H3/t15-,16+. The average Bonchev–Trinajstić information content (AvgIpc) is 3.12. The number of nitrogens with zero attached hydrogens (tertiary/aromatic N) is 2. The van der Waals surface area contributed by atoms with E-state index in [1.807, 2.05) is 6.08 Å². The molecule has 1 saturated heterocycles. The molecule has 0 unspecified atom stereocenters. The first kappa shape index (κ1) is 17.3. The van der Waals surface area contributed by atoms with Gasteiger partial charge >= 0.3 is 12.2 Å². The zero-order chi connectivity index (χ0) is 18.0.